The van der Waals surface area contributed by atoms with Crippen LogP contribution in [0.2, 0.25) is 0 Å². The lowest BCUT2D eigenvalue weighted by Crippen LogP contribution is -2.36. The van der Waals surface area contributed by atoms with Gasteiger partial charge < -0.3 is 15.3 Å². The van der Waals surface area contributed by atoms with Crippen LogP contribution in [0.1, 0.15) is 38.5 Å². The van der Waals surface area contributed by atoms with Gasteiger partial charge in [-0.3, -0.25) is 0 Å². The van der Waals surface area contributed by atoms with E-state index < -0.39 is 5.60 Å². The van der Waals surface area contributed by atoms with E-state index in [4.69, 9.17) is 0 Å². The van der Waals surface area contributed by atoms with E-state index in [9.17, 15) is 5.11 Å². The molecule has 1 aromatic heterocycles. The third-order valence-corrected chi connectivity index (χ3v) is 3.68. The zero-order chi connectivity index (χ0) is 13.7. The molecule has 5 nitrogen and oxygen atoms in total. The lowest BCUT2D eigenvalue weighted by atomic mass is 9.94. The highest BCUT2D eigenvalue weighted by Crippen LogP contribution is 2.27. The number of aliphatic hydroxyl groups is 1. The summed E-state index contributed by atoms with van der Waals surface area (Å²) in [5.41, 5.74) is -0.584. The van der Waals surface area contributed by atoms with E-state index >= 15 is 0 Å². The van der Waals surface area contributed by atoms with Gasteiger partial charge in [-0.15, -0.1) is 0 Å². The minimum absolute atomic E-state index is 0.566. The number of aromatic nitrogens is 2. The Kier molecular flexibility index (Phi) is 4.58. The number of nitrogens with zero attached hydrogens (tertiary/aromatic N) is 3. The molecule has 1 aliphatic rings. The molecule has 1 heterocycles. The Labute approximate surface area is 115 Å². The van der Waals surface area contributed by atoms with Gasteiger partial charge in [0.2, 0.25) is 5.95 Å². The summed E-state index contributed by atoms with van der Waals surface area (Å²) in [6.07, 6.45) is 8.20. The number of rotatable bonds is 4. The molecule has 0 unspecified atom stereocenters. The van der Waals surface area contributed by atoms with Crippen molar-refractivity contribution in [1.29, 1.82) is 0 Å². The Morgan fingerprint density at radius 3 is 2.58 bits per heavy atom. The first-order valence-electron chi connectivity index (χ1n) is 7.06. The second kappa shape index (κ2) is 6.19. The van der Waals surface area contributed by atoms with Gasteiger partial charge in [-0.05, 0) is 18.9 Å². The normalized spacial score (nSPS) is 18.7. The number of hydrogen-bond acceptors (Lipinski definition) is 5. The van der Waals surface area contributed by atoms with Gasteiger partial charge in [0.15, 0.2) is 0 Å². The highest BCUT2D eigenvalue weighted by atomic mass is 16.3. The third kappa shape index (κ3) is 4.06. The molecule has 19 heavy (non-hydrogen) atoms. The van der Waals surface area contributed by atoms with Gasteiger partial charge in [0, 0.05) is 26.8 Å². The van der Waals surface area contributed by atoms with Crippen molar-refractivity contribution < 1.29 is 5.11 Å². The maximum absolute atomic E-state index is 10.6. The molecule has 2 N–H and O–H groups in total. The molecule has 0 aromatic carbocycles. The van der Waals surface area contributed by atoms with E-state index in [1.807, 2.05) is 25.1 Å². The number of anilines is 2. The zero-order valence-corrected chi connectivity index (χ0v) is 11.9. The molecule has 0 spiro atoms. The average Bonchev–Trinajstić information content (AvgIpc) is 2.62. The molecule has 106 valence electrons. The van der Waals surface area contributed by atoms with Crippen molar-refractivity contribution in [2.75, 3.05) is 30.9 Å². The minimum atomic E-state index is -0.584. The SMILES string of the molecule is CN(C)c1nccc(NCC2(O)CCCCCC2)n1. The van der Waals surface area contributed by atoms with Crippen LogP contribution in [-0.2, 0) is 0 Å². The van der Waals surface area contributed by atoms with Crippen molar-refractivity contribution in [3.63, 3.8) is 0 Å². The summed E-state index contributed by atoms with van der Waals surface area (Å²) in [5, 5.41) is 13.8. The fourth-order valence-electron chi connectivity index (χ4n) is 2.48. The molecule has 0 aliphatic heterocycles. The van der Waals surface area contributed by atoms with Crippen LogP contribution >= 0.6 is 0 Å². The Balaban J connectivity index is 1.95. The second-order valence-corrected chi connectivity index (χ2v) is 5.63. The Hall–Kier alpha value is -1.36. The van der Waals surface area contributed by atoms with E-state index in [1.54, 1.807) is 6.20 Å². The van der Waals surface area contributed by atoms with Gasteiger partial charge in [0.25, 0.3) is 0 Å². The highest BCUT2D eigenvalue weighted by molar-refractivity contribution is 5.40. The standard InChI is InChI=1S/C14H24N4O/c1-18(2)13-15-10-7-12(17-13)16-11-14(19)8-5-3-4-6-9-14/h7,10,19H,3-6,8-9,11H2,1-2H3,(H,15,16,17). The van der Waals surface area contributed by atoms with Gasteiger partial charge in [-0.2, -0.15) is 4.98 Å². The smallest absolute Gasteiger partial charge is 0.226 e. The van der Waals surface area contributed by atoms with Gasteiger partial charge in [-0.25, -0.2) is 4.98 Å². The van der Waals surface area contributed by atoms with E-state index in [1.165, 1.54) is 12.8 Å². The predicted octanol–water partition coefficient (Wildman–Crippen LogP) is 2.04. The summed E-state index contributed by atoms with van der Waals surface area (Å²) >= 11 is 0. The van der Waals surface area contributed by atoms with E-state index in [0.29, 0.717) is 12.5 Å². The molecular formula is C14H24N4O. The number of nitrogens with one attached hydrogen (secondary N) is 1. The van der Waals surface area contributed by atoms with Crippen molar-refractivity contribution in [2.24, 2.45) is 0 Å². The molecule has 0 bridgehead atoms. The molecule has 0 atom stereocenters. The molecule has 1 fully saturated rings. The van der Waals surface area contributed by atoms with Crippen molar-refractivity contribution in [3.05, 3.63) is 12.3 Å². The molecule has 2 rings (SSSR count). The summed E-state index contributed by atoms with van der Waals surface area (Å²) in [6.45, 7) is 0.566. The molecule has 0 saturated heterocycles. The van der Waals surface area contributed by atoms with Crippen molar-refractivity contribution >= 4 is 11.8 Å². The topological polar surface area (TPSA) is 61.3 Å². The largest absolute Gasteiger partial charge is 0.388 e. The molecule has 0 amide bonds. The van der Waals surface area contributed by atoms with Crippen LogP contribution in [0.25, 0.3) is 0 Å². The fraction of sp³-hybridized carbons (Fsp3) is 0.714. The van der Waals surface area contributed by atoms with E-state index in [-0.39, 0.29) is 0 Å². The lowest BCUT2D eigenvalue weighted by Gasteiger charge is -2.27. The van der Waals surface area contributed by atoms with Crippen molar-refractivity contribution in [1.82, 2.24) is 9.97 Å². The first-order valence-corrected chi connectivity index (χ1v) is 7.06. The summed E-state index contributed by atoms with van der Waals surface area (Å²) in [5.74, 6) is 1.45. The molecule has 5 heteroatoms. The molecule has 1 aliphatic carbocycles. The third-order valence-electron chi connectivity index (χ3n) is 3.68. The average molecular weight is 264 g/mol. The Bertz CT molecular complexity index is 400. The van der Waals surface area contributed by atoms with Gasteiger partial charge in [0.1, 0.15) is 5.82 Å². The van der Waals surface area contributed by atoms with Crippen LogP contribution in [0.5, 0.6) is 0 Å². The molecule has 1 saturated carbocycles. The van der Waals surface area contributed by atoms with Crippen molar-refractivity contribution in [2.45, 2.75) is 44.1 Å². The van der Waals surface area contributed by atoms with Crippen LogP contribution in [0.15, 0.2) is 12.3 Å². The van der Waals surface area contributed by atoms with Crippen LogP contribution in [0.4, 0.5) is 11.8 Å². The Morgan fingerprint density at radius 1 is 1.26 bits per heavy atom. The van der Waals surface area contributed by atoms with Crippen LogP contribution in [0.3, 0.4) is 0 Å². The quantitative estimate of drug-likeness (QED) is 0.815. The first-order chi connectivity index (χ1) is 9.09. The van der Waals surface area contributed by atoms with Crippen LogP contribution in [-0.4, -0.2) is 41.3 Å². The maximum atomic E-state index is 10.6. The van der Waals surface area contributed by atoms with Gasteiger partial charge in [0.05, 0.1) is 5.60 Å². The lowest BCUT2D eigenvalue weighted by molar-refractivity contribution is 0.0380. The summed E-state index contributed by atoms with van der Waals surface area (Å²) in [6, 6.07) is 1.84. The second-order valence-electron chi connectivity index (χ2n) is 5.63. The molecular weight excluding hydrogens is 240 g/mol. The predicted molar refractivity (Wildman–Crippen MR) is 77.5 cm³/mol. The first kappa shape index (κ1) is 14.1. The summed E-state index contributed by atoms with van der Waals surface area (Å²) in [4.78, 5) is 10.4. The maximum Gasteiger partial charge on any atom is 0.226 e. The Morgan fingerprint density at radius 2 is 1.95 bits per heavy atom. The molecule has 1 aromatic rings. The van der Waals surface area contributed by atoms with Crippen LogP contribution < -0.4 is 10.2 Å². The van der Waals surface area contributed by atoms with Gasteiger partial charge >= 0.3 is 0 Å². The van der Waals surface area contributed by atoms with E-state index in [2.05, 4.69) is 15.3 Å². The van der Waals surface area contributed by atoms with Gasteiger partial charge in [-0.1, -0.05) is 25.7 Å². The summed E-state index contributed by atoms with van der Waals surface area (Å²) < 4.78 is 0. The molecule has 0 radical (unpaired) electrons. The zero-order valence-electron chi connectivity index (χ0n) is 11.9. The summed E-state index contributed by atoms with van der Waals surface area (Å²) in [7, 11) is 3.83. The van der Waals surface area contributed by atoms with Crippen LogP contribution in [0, 0.1) is 0 Å². The highest BCUT2D eigenvalue weighted by Gasteiger charge is 2.27. The van der Waals surface area contributed by atoms with Crippen molar-refractivity contribution in [3.8, 4) is 0 Å². The van der Waals surface area contributed by atoms with E-state index in [0.717, 1.165) is 31.5 Å². The monoisotopic (exact) mass is 264 g/mol. The minimum Gasteiger partial charge on any atom is -0.388 e. The number of hydrogen-bond donors (Lipinski definition) is 2. The fourth-order valence-corrected chi connectivity index (χ4v) is 2.48.